The van der Waals surface area contributed by atoms with Gasteiger partial charge in [-0.15, -0.1) is 11.3 Å². The number of aliphatic hydroxyl groups excluding tert-OH is 1. The smallest absolute Gasteiger partial charge is 0.295 e. The minimum atomic E-state index is -0.678. The fourth-order valence-corrected chi connectivity index (χ4v) is 4.46. The van der Waals surface area contributed by atoms with Crippen LogP contribution in [0.25, 0.3) is 5.76 Å². The Hall–Kier alpha value is -2.64. The van der Waals surface area contributed by atoms with Crippen molar-refractivity contribution >= 4 is 28.8 Å². The van der Waals surface area contributed by atoms with Crippen molar-refractivity contribution in [2.24, 2.45) is 5.92 Å². The van der Waals surface area contributed by atoms with Crippen molar-refractivity contribution in [1.29, 1.82) is 0 Å². The first-order valence-electron chi connectivity index (χ1n) is 10.9. The number of rotatable bonds is 9. The van der Waals surface area contributed by atoms with Crippen molar-refractivity contribution in [2.75, 3.05) is 19.8 Å². The van der Waals surface area contributed by atoms with Gasteiger partial charge in [0, 0.05) is 17.0 Å². The van der Waals surface area contributed by atoms with Gasteiger partial charge in [-0.05, 0) is 61.9 Å². The summed E-state index contributed by atoms with van der Waals surface area (Å²) in [5.41, 5.74) is 1.44. The van der Waals surface area contributed by atoms with Crippen LogP contribution in [-0.2, 0) is 14.3 Å². The molecule has 1 aliphatic rings. The minimum absolute atomic E-state index is 0.0198. The number of aliphatic hydroxyl groups is 1. The zero-order valence-corrected chi connectivity index (χ0v) is 20.1. The highest BCUT2D eigenvalue weighted by molar-refractivity contribution is 7.10. The highest BCUT2D eigenvalue weighted by Crippen LogP contribution is 2.41. The Morgan fingerprint density at radius 3 is 2.53 bits per heavy atom. The molecule has 1 aromatic carbocycles. The number of ketones is 1. The van der Waals surface area contributed by atoms with Gasteiger partial charge < -0.3 is 19.5 Å². The maximum Gasteiger partial charge on any atom is 0.295 e. The molecule has 2 aromatic rings. The lowest BCUT2D eigenvalue weighted by Gasteiger charge is -2.24. The molecular formula is C25H31NO5S. The second-order valence-corrected chi connectivity index (χ2v) is 9.59. The molecule has 3 rings (SSSR count). The van der Waals surface area contributed by atoms with E-state index >= 15 is 0 Å². The molecule has 7 heteroatoms. The lowest BCUT2D eigenvalue weighted by molar-refractivity contribution is -0.140. The summed E-state index contributed by atoms with van der Waals surface area (Å²) in [5, 5.41) is 13.0. The number of likely N-dealkylation sites (tertiary alicyclic amines) is 1. The van der Waals surface area contributed by atoms with E-state index in [4.69, 9.17) is 9.47 Å². The molecule has 0 aliphatic carbocycles. The van der Waals surface area contributed by atoms with Crippen molar-refractivity contribution in [3.05, 3.63) is 57.3 Å². The van der Waals surface area contributed by atoms with Crippen LogP contribution in [0.2, 0.25) is 0 Å². The van der Waals surface area contributed by atoms with E-state index in [0.29, 0.717) is 24.7 Å². The number of thiophene rings is 1. The van der Waals surface area contributed by atoms with Crippen LogP contribution in [0.5, 0.6) is 5.75 Å². The number of Topliss-reactive ketones (excluding diaryl/α,β-unsaturated/α-hetero) is 1. The predicted octanol–water partition coefficient (Wildman–Crippen LogP) is 4.94. The molecule has 1 saturated heterocycles. The van der Waals surface area contributed by atoms with Gasteiger partial charge in [-0.2, -0.15) is 0 Å². The van der Waals surface area contributed by atoms with E-state index in [1.807, 2.05) is 38.3 Å². The van der Waals surface area contributed by atoms with E-state index in [1.54, 1.807) is 18.2 Å². The summed E-state index contributed by atoms with van der Waals surface area (Å²) in [6.07, 6.45) is 0.0198. The number of carbonyl (C=O) groups excluding carboxylic acids is 2. The van der Waals surface area contributed by atoms with Gasteiger partial charge in [0.2, 0.25) is 0 Å². The topological polar surface area (TPSA) is 76.1 Å². The molecule has 2 heterocycles. The molecule has 32 heavy (non-hydrogen) atoms. The van der Waals surface area contributed by atoms with Gasteiger partial charge in [0.15, 0.2) is 0 Å². The normalized spacial score (nSPS) is 18.2. The van der Waals surface area contributed by atoms with Crippen molar-refractivity contribution in [3.63, 3.8) is 0 Å². The first-order valence-corrected chi connectivity index (χ1v) is 11.8. The molecule has 1 aromatic heterocycles. The first kappa shape index (κ1) is 24.0. The average molecular weight is 458 g/mol. The van der Waals surface area contributed by atoms with Gasteiger partial charge >= 0.3 is 0 Å². The largest absolute Gasteiger partial charge is 0.507 e. The molecule has 0 radical (unpaired) electrons. The second-order valence-electron chi connectivity index (χ2n) is 8.61. The SMILES string of the molecule is Cc1cc(/C(O)=C2/C(=O)C(=O)N(CCOC(C)C)C2c2cccs2)ccc1OCC(C)C. The quantitative estimate of drug-likeness (QED) is 0.328. The molecule has 0 saturated carbocycles. The highest BCUT2D eigenvalue weighted by atomic mass is 32.1. The van der Waals surface area contributed by atoms with E-state index in [9.17, 15) is 14.7 Å². The monoisotopic (exact) mass is 457 g/mol. The molecule has 1 N–H and O–H groups in total. The number of hydrogen-bond acceptors (Lipinski definition) is 6. The van der Waals surface area contributed by atoms with Crippen molar-refractivity contribution in [3.8, 4) is 5.75 Å². The summed E-state index contributed by atoms with van der Waals surface area (Å²) in [6.45, 7) is 11.1. The van der Waals surface area contributed by atoms with Crippen LogP contribution >= 0.6 is 11.3 Å². The fraction of sp³-hybridized carbons (Fsp3) is 0.440. The molecule has 1 unspecified atom stereocenters. The Bertz CT molecular complexity index is 994. The van der Waals surface area contributed by atoms with Crippen LogP contribution in [0.1, 0.15) is 49.7 Å². The van der Waals surface area contributed by atoms with Crippen molar-refractivity contribution < 1.29 is 24.2 Å². The Morgan fingerprint density at radius 1 is 1.19 bits per heavy atom. The minimum Gasteiger partial charge on any atom is -0.507 e. The molecular weight excluding hydrogens is 426 g/mol. The van der Waals surface area contributed by atoms with Crippen LogP contribution < -0.4 is 4.74 Å². The molecule has 1 amide bonds. The molecule has 6 nitrogen and oxygen atoms in total. The number of ether oxygens (including phenoxy) is 2. The summed E-state index contributed by atoms with van der Waals surface area (Å²) in [7, 11) is 0. The maximum absolute atomic E-state index is 13.0. The van der Waals surface area contributed by atoms with Gasteiger partial charge in [0.25, 0.3) is 11.7 Å². The fourth-order valence-electron chi connectivity index (χ4n) is 3.61. The Morgan fingerprint density at radius 2 is 1.94 bits per heavy atom. The Balaban J connectivity index is 1.98. The van der Waals surface area contributed by atoms with Gasteiger partial charge in [-0.25, -0.2) is 0 Å². The van der Waals surface area contributed by atoms with E-state index in [0.717, 1.165) is 16.2 Å². The van der Waals surface area contributed by atoms with E-state index in [2.05, 4.69) is 13.8 Å². The molecule has 172 valence electrons. The maximum atomic E-state index is 13.0. The first-order chi connectivity index (χ1) is 15.2. The number of amides is 1. The summed E-state index contributed by atoms with van der Waals surface area (Å²) >= 11 is 1.45. The van der Waals surface area contributed by atoms with E-state index < -0.39 is 17.7 Å². The van der Waals surface area contributed by atoms with Crippen LogP contribution in [-0.4, -0.2) is 47.6 Å². The molecule has 0 bridgehead atoms. The molecule has 1 fully saturated rings. The molecule has 0 spiro atoms. The lowest BCUT2D eigenvalue weighted by Crippen LogP contribution is -2.33. The number of benzene rings is 1. The van der Waals surface area contributed by atoms with Crippen LogP contribution in [0.4, 0.5) is 0 Å². The molecule has 1 aliphatic heterocycles. The van der Waals surface area contributed by atoms with Crippen molar-refractivity contribution in [2.45, 2.75) is 46.8 Å². The summed E-state index contributed by atoms with van der Waals surface area (Å²) in [6, 6.07) is 8.40. The third-order valence-corrected chi connectivity index (χ3v) is 6.08. The van der Waals surface area contributed by atoms with Crippen LogP contribution in [0, 0.1) is 12.8 Å². The molecule has 1 atom stereocenters. The number of carbonyl (C=O) groups is 2. The Labute approximate surface area is 193 Å². The lowest BCUT2D eigenvalue weighted by atomic mass is 9.98. The zero-order chi connectivity index (χ0) is 23.4. The summed E-state index contributed by atoms with van der Waals surface area (Å²) in [4.78, 5) is 28.2. The number of aryl methyl sites for hydroxylation is 1. The van der Waals surface area contributed by atoms with E-state index in [-0.39, 0.29) is 24.0 Å². The summed E-state index contributed by atoms with van der Waals surface area (Å²) in [5.74, 6) is -0.345. The Kier molecular flexibility index (Phi) is 7.74. The third kappa shape index (κ3) is 5.22. The van der Waals surface area contributed by atoms with Gasteiger partial charge in [-0.3, -0.25) is 9.59 Å². The predicted molar refractivity (Wildman–Crippen MR) is 126 cm³/mol. The van der Waals surface area contributed by atoms with E-state index in [1.165, 1.54) is 16.2 Å². The van der Waals surface area contributed by atoms with Gasteiger partial charge in [0.05, 0.1) is 30.9 Å². The standard InChI is InChI=1S/C25H31NO5S/c1-15(2)14-31-19-9-8-18(13-17(19)5)23(27)21-22(20-7-6-12-32-20)26(25(29)24(21)28)10-11-30-16(3)4/h6-9,12-13,15-16,22,27H,10-11,14H2,1-5H3/b23-21-. The third-order valence-electron chi connectivity index (χ3n) is 5.16. The number of nitrogens with zero attached hydrogens (tertiary/aromatic N) is 1. The second kappa shape index (κ2) is 10.3. The number of hydrogen-bond donors (Lipinski definition) is 1. The summed E-state index contributed by atoms with van der Waals surface area (Å²) < 4.78 is 11.4. The van der Waals surface area contributed by atoms with Crippen LogP contribution in [0.15, 0.2) is 41.3 Å². The van der Waals surface area contributed by atoms with Crippen LogP contribution in [0.3, 0.4) is 0 Å². The van der Waals surface area contributed by atoms with Gasteiger partial charge in [-0.1, -0.05) is 19.9 Å². The average Bonchev–Trinajstić information content (AvgIpc) is 3.34. The van der Waals surface area contributed by atoms with Gasteiger partial charge in [0.1, 0.15) is 11.5 Å². The zero-order valence-electron chi connectivity index (χ0n) is 19.3. The van der Waals surface area contributed by atoms with Crippen molar-refractivity contribution in [1.82, 2.24) is 4.90 Å². The highest BCUT2D eigenvalue weighted by Gasteiger charge is 2.46.